The van der Waals surface area contributed by atoms with E-state index in [0.29, 0.717) is 13.0 Å². The summed E-state index contributed by atoms with van der Waals surface area (Å²) < 4.78 is 0. The normalized spacial score (nSPS) is 19.9. The number of urea groups is 1. The number of amides is 2. The highest BCUT2D eigenvalue weighted by atomic mass is 16.4. The van der Waals surface area contributed by atoms with Crippen LogP contribution in [0.3, 0.4) is 0 Å². The average Bonchev–Trinajstić information content (AvgIpc) is 2.32. The van der Waals surface area contributed by atoms with Crippen molar-refractivity contribution in [1.29, 1.82) is 0 Å². The van der Waals surface area contributed by atoms with Crippen LogP contribution in [0.25, 0.3) is 0 Å². The summed E-state index contributed by atoms with van der Waals surface area (Å²) in [5, 5.41) is 14.5. The summed E-state index contributed by atoms with van der Waals surface area (Å²) in [7, 11) is 4.02. The fourth-order valence-electron chi connectivity index (χ4n) is 2.49. The van der Waals surface area contributed by atoms with Crippen molar-refractivity contribution in [2.24, 2.45) is 5.92 Å². The van der Waals surface area contributed by atoms with E-state index in [1.165, 1.54) is 6.42 Å². The molecule has 1 fully saturated rings. The Morgan fingerprint density at radius 1 is 1.35 bits per heavy atom. The number of likely N-dealkylation sites (N-methyl/N-ethyl adjacent to an activating group) is 1. The molecular weight excluding hydrogens is 258 g/mol. The molecule has 0 aromatic rings. The second-order valence-electron chi connectivity index (χ2n) is 6.00. The SMILES string of the molecule is CC[C@H](C)[C@H](NC(=O)NCC1(N(C)C)CCC1)C(=O)O. The number of hydrogen-bond acceptors (Lipinski definition) is 3. The number of carbonyl (C=O) groups is 2. The van der Waals surface area contributed by atoms with E-state index in [9.17, 15) is 9.59 Å². The quantitative estimate of drug-likeness (QED) is 0.658. The second-order valence-corrected chi connectivity index (χ2v) is 6.00. The molecule has 2 amide bonds. The summed E-state index contributed by atoms with van der Waals surface area (Å²) in [5.41, 5.74) is 0.0342. The summed E-state index contributed by atoms with van der Waals surface area (Å²) in [6.07, 6.45) is 4.01. The molecule has 0 aliphatic heterocycles. The first kappa shape index (κ1) is 16.8. The van der Waals surface area contributed by atoms with Gasteiger partial charge in [0.25, 0.3) is 0 Å². The summed E-state index contributed by atoms with van der Waals surface area (Å²) in [4.78, 5) is 25.2. The van der Waals surface area contributed by atoms with Gasteiger partial charge in [-0.2, -0.15) is 0 Å². The van der Waals surface area contributed by atoms with Crippen molar-refractivity contribution in [2.45, 2.75) is 51.1 Å². The van der Waals surface area contributed by atoms with Crippen molar-refractivity contribution in [3.8, 4) is 0 Å². The van der Waals surface area contributed by atoms with Crippen LogP contribution in [0, 0.1) is 5.92 Å². The Morgan fingerprint density at radius 3 is 2.30 bits per heavy atom. The van der Waals surface area contributed by atoms with Crippen LogP contribution in [0.5, 0.6) is 0 Å². The molecule has 0 unspecified atom stereocenters. The van der Waals surface area contributed by atoms with Crippen molar-refractivity contribution in [3.05, 3.63) is 0 Å². The van der Waals surface area contributed by atoms with Crippen molar-refractivity contribution < 1.29 is 14.7 Å². The smallest absolute Gasteiger partial charge is 0.326 e. The van der Waals surface area contributed by atoms with Crippen molar-refractivity contribution in [1.82, 2.24) is 15.5 Å². The van der Waals surface area contributed by atoms with Gasteiger partial charge in [-0.25, -0.2) is 9.59 Å². The fraction of sp³-hybridized carbons (Fsp3) is 0.857. The molecule has 6 heteroatoms. The maximum Gasteiger partial charge on any atom is 0.326 e. The molecule has 20 heavy (non-hydrogen) atoms. The monoisotopic (exact) mass is 285 g/mol. The lowest BCUT2D eigenvalue weighted by atomic mass is 9.75. The second kappa shape index (κ2) is 6.92. The Kier molecular flexibility index (Phi) is 5.80. The van der Waals surface area contributed by atoms with E-state index < -0.39 is 18.0 Å². The molecule has 1 saturated carbocycles. The third-order valence-corrected chi connectivity index (χ3v) is 4.58. The van der Waals surface area contributed by atoms with Gasteiger partial charge in [0.05, 0.1) is 0 Å². The number of hydrogen-bond donors (Lipinski definition) is 3. The maximum absolute atomic E-state index is 11.9. The standard InChI is InChI=1S/C14H27N3O3/c1-5-10(2)11(12(18)19)16-13(20)15-9-14(17(3)4)7-6-8-14/h10-11H,5-9H2,1-4H3,(H,18,19)(H2,15,16,20)/t10-,11-/m0/s1. The van der Waals surface area contributed by atoms with Crippen molar-refractivity contribution >= 4 is 12.0 Å². The number of nitrogens with one attached hydrogen (secondary N) is 2. The van der Waals surface area contributed by atoms with Gasteiger partial charge < -0.3 is 20.6 Å². The summed E-state index contributed by atoms with van der Waals surface area (Å²) in [6, 6.07) is -1.23. The van der Waals surface area contributed by atoms with E-state index >= 15 is 0 Å². The minimum absolute atomic E-state index is 0.0342. The van der Waals surface area contributed by atoms with Gasteiger partial charge in [-0.1, -0.05) is 20.3 Å². The molecule has 6 nitrogen and oxygen atoms in total. The highest BCUT2D eigenvalue weighted by molar-refractivity contribution is 5.82. The maximum atomic E-state index is 11.9. The molecule has 1 rings (SSSR count). The van der Waals surface area contributed by atoms with E-state index in [-0.39, 0.29) is 11.5 Å². The van der Waals surface area contributed by atoms with Crippen LogP contribution in [0.4, 0.5) is 4.79 Å². The molecule has 0 radical (unpaired) electrons. The molecule has 116 valence electrons. The van der Waals surface area contributed by atoms with Crippen LogP contribution in [0.2, 0.25) is 0 Å². The minimum Gasteiger partial charge on any atom is -0.480 e. The predicted molar refractivity (Wildman–Crippen MR) is 77.7 cm³/mol. The zero-order chi connectivity index (χ0) is 15.3. The summed E-state index contributed by atoms with van der Waals surface area (Å²) >= 11 is 0. The number of carboxylic acids is 1. The number of rotatable bonds is 7. The first-order valence-corrected chi connectivity index (χ1v) is 7.27. The van der Waals surface area contributed by atoms with Gasteiger partial charge in [0.1, 0.15) is 6.04 Å². The number of carbonyl (C=O) groups excluding carboxylic acids is 1. The van der Waals surface area contributed by atoms with Crippen molar-refractivity contribution in [3.63, 3.8) is 0 Å². The Hall–Kier alpha value is -1.30. The zero-order valence-corrected chi connectivity index (χ0v) is 12.9. The molecule has 1 aliphatic carbocycles. The third kappa shape index (κ3) is 3.85. The third-order valence-electron chi connectivity index (χ3n) is 4.58. The Bertz CT molecular complexity index is 354. The van der Waals surface area contributed by atoms with E-state index in [1.54, 1.807) is 0 Å². The van der Waals surface area contributed by atoms with E-state index in [2.05, 4.69) is 15.5 Å². The molecule has 0 spiro atoms. The fourth-order valence-corrected chi connectivity index (χ4v) is 2.49. The van der Waals surface area contributed by atoms with Crippen LogP contribution in [-0.2, 0) is 4.79 Å². The molecule has 0 saturated heterocycles. The van der Waals surface area contributed by atoms with Gasteiger partial charge in [-0.3, -0.25) is 0 Å². The van der Waals surface area contributed by atoms with Gasteiger partial charge in [0.15, 0.2) is 0 Å². The van der Waals surface area contributed by atoms with Crippen LogP contribution >= 0.6 is 0 Å². The minimum atomic E-state index is -0.986. The van der Waals surface area contributed by atoms with Crippen LogP contribution < -0.4 is 10.6 Å². The lowest BCUT2D eigenvalue weighted by Gasteiger charge is -2.47. The van der Waals surface area contributed by atoms with E-state index in [0.717, 1.165) is 12.8 Å². The molecule has 1 aliphatic rings. The van der Waals surface area contributed by atoms with Crippen molar-refractivity contribution in [2.75, 3.05) is 20.6 Å². The predicted octanol–water partition coefficient (Wildman–Crippen LogP) is 1.27. The molecule has 0 aromatic carbocycles. The molecule has 2 atom stereocenters. The molecular formula is C14H27N3O3. The van der Waals surface area contributed by atoms with Crippen LogP contribution in [-0.4, -0.2) is 54.2 Å². The number of carboxylic acid groups (broad SMARTS) is 1. The van der Waals surface area contributed by atoms with E-state index in [4.69, 9.17) is 5.11 Å². The number of nitrogens with zero attached hydrogens (tertiary/aromatic N) is 1. The average molecular weight is 285 g/mol. The Balaban J connectivity index is 2.48. The Labute approximate surface area is 120 Å². The molecule has 0 bridgehead atoms. The Morgan fingerprint density at radius 2 is 1.95 bits per heavy atom. The van der Waals surface area contributed by atoms with Gasteiger partial charge in [-0.15, -0.1) is 0 Å². The topological polar surface area (TPSA) is 81.7 Å². The largest absolute Gasteiger partial charge is 0.480 e. The molecule has 0 heterocycles. The molecule has 3 N–H and O–H groups in total. The first-order valence-electron chi connectivity index (χ1n) is 7.27. The lowest BCUT2D eigenvalue weighted by molar-refractivity contribution is -0.140. The highest BCUT2D eigenvalue weighted by Crippen LogP contribution is 2.35. The van der Waals surface area contributed by atoms with Gasteiger partial charge in [-0.05, 0) is 39.3 Å². The first-order chi connectivity index (χ1) is 9.32. The van der Waals surface area contributed by atoms with Gasteiger partial charge >= 0.3 is 12.0 Å². The molecule has 0 aromatic heterocycles. The summed E-state index contributed by atoms with van der Waals surface area (Å²) in [5.74, 6) is -1.08. The van der Waals surface area contributed by atoms with Crippen LogP contribution in [0.15, 0.2) is 0 Å². The number of aliphatic carboxylic acids is 1. The van der Waals surface area contributed by atoms with Crippen LogP contribution in [0.1, 0.15) is 39.5 Å². The zero-order valence-electron chi connectivity index (χ0n) is 12.9. The van der Waals surface area contributed by atoms with Gasteiger partial charge in [0.2, 0.25) is 0 Å². The highest BCUT2D eigenvalue weighted by Gasteiger charge is 2.39. The van der Waals surface area contributed by atoms with E-state index in [1.807, 2.05) is 27.9 Å². The summed E-state index contributed by atoms with van der Waals surface area (Å²) in [6.45, 7) is 4.29. The lowest BCUT2D eigenvalue weighted by Crippen LogP contribution is -2.59. The van der Waals surface area contributed by atoms with Gasteiger partial charge in [0, 0.05) is 12.1 Å².